The van der Waals surface area contributed by atoms with E-state index in [1.165, 1.54) is 83.5 Å². The van der Waals surface area contributed by atoms with Gasteiger partial charge in [0.25, 0.3) is 0 Å². The van der Waals surface area contributed by atoms with E-state index < -0.39 is 29.0 Å². The zero-order chi connectivity index (χ0) is 26.0. The summed E-state index contributed by atoms with van der Waals surface area (Å²) in [4.78, 5) is 35.2. The lowest BCUT2D eigenvalue weighted by Gasteiger charge is -2.18. The quantitative estimate of drug-likeness (QED) is 0.108. The molecule has 0 aromatic heterocycles. The largest absolute Gasteiger partial charge is 0.464 e. The van der Waals surface area contributed by atoms with Crippen molar-refractivity contribution in [1.82, 2.24) is 5.32 Å². The van der Waals surface area contributed by atoms with E-state index in [0.717, 1.165) is 19.3 Å². The Morgan fingerprint density at radius 2 is 1.26 bits per heavy atom. The number of hydrogen-bond acceptors (Lipinski definition) is 6. The van der Waals surface area contributed by atoms with E-state index in [9.17, 15) is 19.5 Å². The summed E-state index contributed by atoms with van der Waals surface area (Å²) in [5.74, 6) is -1.19. The molecular formula is C28H51NO6. The third kappa shape index (κ3) is 12.8. The summed E-state index contributed by atoms with van der Waals surface area (Å²) in [5.41, 5.74) is -2.05. The molecule has 0 aromatic rings. The van der Waals surface area contributed by atoms with Crippen LogP contribution >= 0.6 is 0 Å². The number of rotatable bonds is 23. The first-order chi connectivity index (χ1) is 16.8. The van der Waals surface area contributed by atoms with Gasteiger partial charge in [0.1, 0.15) is 6.61 Å². The second-order valence-corrected chi connectivity index (χ2v) is 10.7. The second kappa shape index (κ2) is 17.7. The number of amides is 1. The molecule has 7 heteroatoms. The van der Waals surface area contributed by atoms with E-state index in [1.807, 2.05) is 0 Å². The molecule has 1 aliphatic carbocycles. The number of hydrogen-bond donors (Lipinski definition) is 2. The molecule has 1 fully saturated rings. The summed E-state index contributed by atoms with van der Waals surface area (Å²) < 4.78 is 10.4. The van der Waals surface area contributed by atoms with E-state index in [1.54, 1.807) is 13.8 Å². The number of carbonyl (C=O) groups excluding carboxylic acids is 3. The highest BCUT2D eigenvalue weighted by molar-refractivity contribution is 5.83. The van der Waals surface area contributed by atoms with Crippen molar-refractivity contribution < 1.29 is 29.0 Å². The number of unbranched alkanes of at least 4 members (excludes halogenated alkanes) is 15. The summed E-state index contributed by atoms with van der Waals surface area (Å²) in [7, 11) is 0. The van der Waals surface area contributed by atoms with Crippen LogP contribution in [0.4, 0.5) is 0 Å². The lowest BCUT2D eigenvalue weighted by Crippen LogP contribution is -2.42. The molecule has 35 heavy (non-hydrogen) atoms. The van der Waals surface area contributed by atoms with Crippen LogP contribution in [0.15, 0.2) is 0 Å². The predicted octanol–water partition coefficient (Wildman–Crippen LogP) is 5.61. The van der Waals surface area contributed by atoms with Gasteiger partial charge in [-0.15, -0.1) is 0 Å². The van der Waals surface area contributed by atoms with Crippen LogP contribution in [0.5, 0.6) is 0 Å². The smallest absolute Gasteiger partial charge is 0.332 e. The van der Waals surface area contributed by atoms with Crippen molar-refractivity contribution in [3.05, 3.63) is 0 Å². The Hall–Kier alpha value is -1.63. The number of esters is 2. The Labute approximate surface area is 213 Å². The minimum Gasteiger partial charge on any atom is -0.464 e. The molecule has 1 saturated carbocycles. The maximum Gasteiger partial charge on any atom is 0.332 e. The minimum atomic E-state index is -1.09. The van der Waals surface area contributed by atoms with Gasteiger partial charge in [0, 0.05) is 0 Å². The van der Waals surface area contributed by atoms with Gasteiger partial charge in [0.2, 0.25) is 6.41 Å². The summed E-state index contributed by atoms with van der Waals surface area (Å²) in [6.07, 6.45) is 21.1. The van der Waals surface area contributed by atoms with Crippen LogP contribution in [0, 0.1) is 5.41 Å². The molecule has 0 spiro atoms. The molecule has 1 aliphatic rings. The normalized spacial score (nSPS) is 21.8. The maximum atomic E-state index is 12.2. The highest BCUT2D eigenvalue weighted by atomic mass is 16.6. The van der Waals surface area contributed by atoms with Crippen LogP contribution in [0.3, 0.4) is 0 Å². The lowest BCUT2D eigenvalue weighted by atomic mass is 10.0. The molecule has 0 bridgehead atoms. The Balaban J connectivity index is 1.96. The SMILES string of the molecule is CCCCCCCCCCCCCCCCCCOC(=O)C(COC(=O)C1(C)CC1(C)O)NC=O. The highest BCUT2D eigenvalue weighted by Crippen LogP contribution is 2.56. The fourth-order valence-electron chi connectivity index (χ4n) is 4.44. The monoisotopic (exact) mass is 497 g/mol. The fourth-order valence-corrected chi connectivity index (χ4v) is 4.44. The van der Waals surface area contributed by atoms with E-state index in [4.69, 9.17) is 9.47 Å². The Bertz CT molecular complexity index is 608. The van der Waals surface area contributed by atoms with E-state index in [0.29, 0.717) is 12.8 Å². The summed E-state index contributed by atoms with van der Waals surface area (Å²) in [6, 6.07) is -1.04. The average molecular weight is 498 g/mol. The van der Waals surface area contributed by atoms with Crippen LogP contribution in [0.1, 0.15) is 130 Å². The lowest BCUT2D eigenvalue weighted by molar-refractivity contribution is -0.157. The van der Waals surface area contributed by atoms with Gasteiger partial charge in [-0.3, -0.25) is 9.59 Å². The van der Waals surface area contributed by atoms with Crippen LogP contribution in [-0.4, -0.2) is 48.3 Å². The van der Waals surface area contributed by atoms with Crippen LogP contribution in [-0.2, 0) is 23.9 Å². The summed E-state index contributed by atoms with van der Waals surface area (Å²) in [5, 5.41) is 12.3. The first-order valence-electron chi connectivity index (χ1n) is 14.0. The highest BCUT2D eigenvalue weighted by Gasteiger charge is 2.66. The van der Waals surface area contributed by atoms with Gasteiger partial charge in [0.05, 0.1) is 17.6 Å². The van der Waals surface area contributed by atoms with Crippen molar-refractivity contribution in [2.24, 2.45) is 5.41 Å². The minimum absolute atomic E-state index is 0.286. The van der Waals surface area contributed by atoms with E-state index in [-0.39, 0.29) is 13.2 Å². The first kappa shape index (κ1) is 31.4. The standard InChI is InChI=1S/C28H51NO6/c1-4-5-6-7-8-9-10-11-12-13-14-15-16-17-18-19-20-34-25(31)24(29-23-30)21-35-26(32)27(2)22-28(27,3)33/h23-24,33H,4-22H2,1-3H3,(H,29,30). The van der Waals surface area contributed by atoms with E-state index in [2.05, 4.69) is 12.2 Å². The molecule has 2 N–H and O–H groups in total. The van der Waals surface area contributed by atoms with Gasteiger partial charge in [-0.05, 0) is 26.7 Å². The van der Waals surface area contributed by atoms with Crippen molar-refractivity contribution in [1.29, 1.82) is 0 Å². The summed E-state index contributed by atoms with van der Waals surface area (Å²) >= 11 is 0. The Morgan fingerprint density at radius 3 is 1.66 bits per heavy atom. The fraction of sp³-hybridized carbons (Fsp3) is 0.893. The van der Waals surface area contributed by atoms with Crippen molar-refractivity contribution in [3.63, 3.8) is 0 Å². The molecule has 0 radical (unpaired) electrons. The first-order valence-corrected chi connectivity index (χ1v) is 14.0. The zero-order valence-electron chi connectivity index (χ0n) is 22.6. The second-order valence-electron chi connectivity index (χ2n) is 10.7. The Morgan fingerprint density at radius 1 is 0.829 bits per heavy atom. The molecule has 0 aliphatic heterocycles. The molecule has 0 saturated heterocycles. The third-order valence-corrected chi connectivity index (χ3v) is 7.39. The van der Waals surface area contributed by atoms with Gasteiger partial charge in [-0.1, -0.05) is 103 Å². The summed E-state index contributed by atoms with van der Waals surface area (Å²) in [6.45, 7) is 5.43. The van der Waals surface area contributed by atoms with Crippen molar-refractivity contribution in [3.8, 4) is 0 Å². The molecule has 0 aromatic carbocycles. The zero-order valence-corrected chi connectivity index (χ0v) is 22.6. The van der Waals surface area contributed by atoms with Crippen molar-refractivity contribution in [2.75, 3.05) is 13.2 Å². The molecule has 204 valence electrons. The molecule has 3 unspecified atom stereocenters. The molecule has 7 nitrogen and oxygen atoms in total. The molecule has 3 atom stereocenters. The van der Waals surface area contributed by atoms with Crippen LogP contribution in [0.25, 0.3) is 0 Å². The topological polar surface area (TPSA) is 102 Å². The number of ether oxygens (including phenoxy) is 2. The van der Waals surface area contributed by atoms with Crippen LogP contribution < -0.4 is 5.32 Å². The van der Waals surface area contributed by atoms with Gasteiger partial charge >= 0.3 is 11.9 Å². The maximum absolute atomic E-state index is 12.2. The van der Waals surface area contributed by atoms with Crippen LogP contribution in [0.2, 0.25) is 0 Å². The molecule has 0 heterocycles. The van der Waals surface area contributed by atoms with Gasteiger partial charge in [-0.2, -0.15) is 0 Å². The van der Waals surface area contributed by atoms with Gasteiger partial charge in [0.15, 0.2) is 6.04 Å². The predicted molar refractivity (Wildman–Crippen MR) is 138 cm³/mol. The number of nitrogens with one attached hydrogen (secondary N) is 1. The molecular weight excluding hydrogens is 446 g/mol. The Kier molecular flexibility index (Phi) is 15.9. The van der Waals surface area contributed by atoms with Crippen molar-refractivity contribution >= 4 is 18.3 Å². The van der Waals surface area contributed by atoms with Crippen molar-refractivity contribution in [2.45, 2.75) is 142 Å². The number of carbonyl (C=O) groups is 3. The van der Waals surface area contributed by atoms with E-state index >= 15 is 0 Å². The number of aliphatic hydroxyl groups is 1. The van der Waals surface area contributed by atoms with Gasteiger partial charge < -0.3 is 19.9 Å². The molecule has 1 rings (SSSR count). The van der Waals surface area contributed by atoms with Gasteiger partial charge in [-0.25, -0.2) is 4.79 Å². The third-order valence-electron chi connectivity index (χ3n) is 7.39. The average Bonchev–Trinajstić information content (AvgIpc) is 3.36. The molecule has 1 amide bonds.